The van der Waals surface area contributed by atoms with Crippen LogP contribution in [0.1, 0.15) is 32.4 Å². The molecule has 5 N–H and O–H groups in total. The Morgan fingerprint density at radius 1 is 1.43 bits per heavy atom. The fourth-order valence-corrected chi connectivity index (χ4v) is 1.58. The van der Waals surface area contributed by atoms with Crippen LogP contribution in [0.25, 0.3) is 0 Å². The van der Waals surface area contributed by atoms with Crippen molar-refractivity contribution >= 4 is 11.8 Å². The predicted molar refractivity (Wildman–Crippen MR) is 76.3 cm³/mol. The van der Waals surface area contributed by atoms with Crippen LogP contribution in [0.4, 0.5) is 14.9 Å². The third kappa shape index (κ3) is 5.30. The number of amides is 1. The highest BCUT2D eigenvalue weighted by Crippen LogP contribution is 2.23. The lowest BCUT2D eigenvalue weighted by Crippen LogP contribution is -2.28. The lowest BCUT2D eigenvalue weighted by molar-refractivity contribution is 0.0242. The van der Waals surface area contributed by atoms with Gasteiger partial charge in [0, 0.05) is 6.54 Å². The summed E-state index contributed by atoms with van der Waals surface area (Å²) in [6.07, 6.45) is -3.26. The number of carbonyl (C=O) groups is 1. The first kappa shape index (κ1) is 17.4. The molecule has 0 radical (unpaired) electrons. The van der Waals surface area contributed by atoms with Gasteiger partial charge in [-0.25, -0.2) is 9.18 Å². The molecule has 1 amide bonds. The summed E-state index contributed by atoms with van der Waals surface area (Å²) in [5.74, 6) is -0.748. The highest BCUT2D eigenvalue weighted by molar-refractivity contribution is 5.85. The predicted octanol–water partition coefficient (Wildman–Crippen LogP) is 1.53. The lowest BCUT2D eigenvalue weighted by atomic mass is 10.0. The van der Waals surface area contributed by atoms with Crippen LogP contribution in [-0.4, -0.2) is 34.6 Å². The Balaban J connectivity index is 2.82. The van der Waals surface area contributed by atoms with E-state index in [2.05, 4.69) is 5.32 Å². The number of anilines is 1. The summed E-state index contributed by atoms with van der Waals surface area (Å²) in [6.45, 7) is 4.92. The molecule has 0 fully saturated rings. The first-order valence-corrected chi connectivity index (χ1v) is 6.49. The van der Waals surface area contributed by atoms with E-state index < -0.39 is 29.7 Å². The van der Waals surface area contributed by atoms with E-state index in [0.717, 1.165) is 6.07 Å². The van der Waals surface area contributed by atoms with Crippen LogP contribution in [0.2, 0.25) is 0 Å². The summed E-state index contributed by atoms with van der Waals surface area (Å²) in [7, 11) is 0. The van der Waals surface area contributed by atoms with Gasteiger partial charge in [0.15, 0.2) is 0 Å². The molecule has 1 aromatic carbocycles. The Bertz CT molecular complexity index is 502. The minimum Gasteiger partial charge on any atom is -0.444 e. The zero-order valence-electron chi connectivity index (χ0n) is 12.3. The number of rotatable bonds is 4. The smallest absolute Gasteiger partial charge is 0.412 e. The number of nitrogens with one attached hydrogen (secondary N) is 1. The molecule has 7 heteroatoms. The number of aliphatic hydroxyl groups is 2. The average Bonchev–Trinajstić information content (AvgIpc) is 2.37. The number of nitrogens with two attached hydrogens (primary N) is 1. The molecule has 21 heavy (non-hydrogen) atoms. The van der Waals surface area contributed by atoms with Crippen molar-refractivity contribution in [1.82, 2.24) is 0 Å². The molecule has 118 valence electrons. The molecule has 0 spiro atoms. The average molecular weight is 300 g/mol. The van der Waals surface area contributed by atoms with Crippen molar-refractivity contribution in [3.8, 4) is 0 Å². The Morgan fingerprint density at radius 3 is 2.52 bits per heavy atom. The van der Waals surface area contributed by atoms with Crippen molar-refractivity contribution in [2.24, 2.45) is 5.73 Å². The number of benzene rings is 1. The third-order valence-corrected chi connectivity index (χ3v) is 2.58. The third-order valence-electron chi connectivity index (χ3n) is 2.58. The van der Waals surface area contributed by atoms with Crippen LogP contribution < -0.4 is 11.1 Å². The van der Waals surface area contributed by atoms with Gasteiger partial charge in [-0.3, -0.25) is 5.32 Å². The van der Waals surface area contributed by atoms with E-state index in [-0.39, 0.29) is 17.8 Å². The normalized spacial score (nSPS) is 14.4. The molecule has 0 bridgehead atoms. The Kier molecular flexibility index (Phi) is 5.65. The summed E-state index contributed by atoms with van der Waals surface area (Å²) in [5, 5.41) is 21.4. The van der Waals surface area contributed by atoms with E-state index in [9.17, 15) is 19.4 Å². The van der Waals surface area contributed by atoms with Crippen molar-refractivity contribution in [2.45, 2.75) is 38.6 Å². The molecule has 0 heterocycles. The zero-order chi connectivity index (χ0) is 16.2. The molecule has 2 atom stereocenters. The van der Waals surface area contributed by atoms with Gasteiger partial charge in [0.25, 0.3) is 0 Å². The molecule has 2 unspecified atom stereocenters. The van der Waals surface area contributed by atoms with Crippen LogP contribution in [0, 0.1) is 5.82 Å². The van der Waals surface area contributed by atoms with Crippen LogP contribution in [0.15, 0.2) is 18.2 Å². The quantitative estimate of drug-likeness (QED) is 0.675. The van der Waals surface area contributed by atoms with Crippen LogP contribution in [-0.2, 0) is 4.74 Å². The van der Waals surface area contributed by atoms with Gasteiger partial charge in [0.05, 0.1) is 11.8 Å². The number of ether oxygens (including phenoxy) is 1. The Hall–Kier alpha value is -1.70. The zero-order valence-corrected chi connectivity index (χ0v) is 12.3. The van der Waals surface area contributed by atoms with Crippen molar-refractivity contribution < 1.29 is 24.1 Å². The number of aliphatic hydroxyl groups excluding tert-OH is 2. The SMILES string of the molecule is CC(C)(C)OC(=O)Nc1ccc(C(O)C(O)CN)cc1F. The molecular formula is C14H21FN2O4. The van der Waals surface area contributed by atoms with E-state index in [1.807, 2.05) is 0 Å². The van der Waals surface area contributed by atoms with Gasteiger partial charge in [-0.1, -0.05) is 6.07 Å². The van der Waals surface area contributed by atoms with Gasteiger partial charge in [-0.15, -0.1) is 0 Å². The first-order chi connectivity index (χ1) is 9.64. The van der Waals surface area contributed by atoms with E-state index in [4.69, 9.17) is 10.5 Å². The van der Waals surface area contributed by atoms with E-state index >= 15 is 0 Å². The summed E-state index contributed by atoms with van der Waals surface area (Å²) >= 11 is 0. The fourth-order valence-electron chi connectivity index (χ4n) is 1.58. The van der Waals surface area contributed by atoms with E-state index in [0.29, 0.717) is 0 Å². The summed E-state index contributed by atoms with van der Waals surface area (Å²) in [6, 6.07) is 3.69. The van der Waals surface area contributed by atoms with Crippen molar-refractivity contribution in [3.63, 3.8) is 0 Å². The Labute approximate surface area is 122 Å². The van der Waals surface area contributed by atoms with Gasteiger partial charge in [-0.05, 0) is 38.5 Å². The molecule has 0 aromatic heterocycles. The van der Waals surface area contributed by atoms with Gasteiger partial charge in [-0.2, -0.15) is 0 Å². The maximum atomic E-state index is 13.9. The van der Waals surface area contributed by atoms with E-state index in [1.165, 1.54) is 12.1 Å². The summed E-state index contributed by atoms with van der Waals surface area (Å²) in [5.41, 5.74) is 4.62. The lowest BCUT2D eigenvalue weighted by Gasteiger charge is -2.20. The molecular weight excluding hydrogens is 279 g/mol. The summed E-state index contributed by atoms with van der Waals surface area (Å²) < 4.78 is 18.9. The molecule has 1 aromatic rings. The van der Waals surface area contributed by atoms with Crippen LogP contribution in [0.5, 0.6) is 0 Å². The minimum absolute atomic E-state index is 0.0811. The van der Waals surface area contributed by atoms with Gasteiger partial charge < -0.3 is 20.7 Å². The van der Waals surface area contributed by atoms with Crippen LogP contribution >= 0.6 is 0 Å². The largest absolute Gasteiger partial charge is 0.444 e. The second-order valence-electron chi connectivity index (χ2n) is 5.61. The van der Waals surface area contributed by atoms with E-state index in [1.54, 1.807) is 20.8 Å². The van der Waals surface area contributed by atoms with Gasteiger partial charge in [0.2, 0.25) is 0 Å². The van der Waals surface area contributed by atoms with Gasteiger partial charge >= 0.3 is 6.09 Å². The standard InChI is InChI=1S/C14H21FN2O4/c1-14(2,3)21-13(20)17-10-5-4-8(6-9(10)15)12(19)11(18)7-16/h4-6,11-12,18-19H,7,16H2,1-3H3,(H,17,20). The number of hydrogen-bond donors (Lipinski definition) is 4. The van der Waals surface area contributed by atoms with Crippen LogP contribution in [0.3, 0.4) is 0 Å². The van der Waals surface area contributed by atoms with Crippen molar-refractivity contribution in [2.75, 3.05) is 11.9 Å². The maximum Gasteiger partial charge on any atom is 0.412 e. The second-order valence-corrected chi connectivity index (χ2v) is 5.61. The second kappa shape index (κ2) is 6.84. The molecule has 0 aliphatic carbocycles. The molecule has 0 aliphatic heterocycles. The number of hydrogen-bond acceptors (Lipinski definition) is 5. The first-order valence-electron chi connectivity index (χ1n) is 6.49. The molecule has 6 nitrogen and oxygen atoms in total. The molecule has 0 saturated heterocycles. The number of carbonyl (C=O) groups excluding carboxylic acids is 1. The van der Waals surface area contributed by atoms with Crippen molar-refractivity contribution in [3.05, 3.63) is 29.6 Å². The Morgan fingerprint density at radius 2 is 2.05 bits per heavy atom. The monoisotopic (exact) mass is 300 g/mol. The molecule has 1 rings (SSSR count). The fraction of sp³-hybridized carbons (Fsp3) is 0.500. The van der Waals surface area contributed by atoms with Crippen molar-refractivity contribution in [1.29, 1.82) is 0 Å². The molecule has 0 saturated carbocycles. The topological polar surface area (TPSA) is 105 Å². The summed E-state index contributed by atoms with van der Waals surface area (Å²) in [4.78, 5) is 11.5. The van der Waals surface area contributed by atoms with Gasteiger partial charge in [0.1, 0.15) is 17.5 Å². The highest BCUT2D eigenvalue weighted by Gasteiger charge is 2.20. The minimum atomic E-state index is -1.29. The number of halogens is 1. The molecule has 0 aliphatic rings. The maximum absolute atomic E-state index is 13.9. The highest BCUT2D eigenvalue weighted by atomic mass is 19.1.